The summed E-state index contributed by atoms with van der Waals surface area (Å²) in [5, 5.41) is 0. The number of hydrogen-bond donors (Lipinski definition) is 0. The summed E-state index contributed by atoms with van der Waals surface area (Å²) in [5.41, 5.74) is 2.81. The smallest absolute Gasteiger partial charge is 0.262 e. The van der Waals surface area contributed by atoms with E-state index in [4.69, 9.17) is 9.47 Å². The summed E-state index contributed by atoms with van der Waals surface area (Å²) in [7, 11) is 0. The van der Waals surface area contributed by atoms with Crippen LogP contribution in [0.2, 0.25) is 0 Å². The molecule has 0 bridgehead atoms. The number of para-hydroxylation sites is 2. The van der Waals surface area contributed by atoms with E-state index in [9.17, 15) is 4.79 Å². The molecule has 0 fully saturated rings. The van der Waals surface area contributed by atoms with Gasteiger partial charge in [-0.25, -0.2) is 0 Å². The van der Waals surface area contributed by atoms with Crippen molar-refractivity contribution in [3.8, 4) is 11.5 Å². The van der Waals surface area contributed by atoms with Crippen molar-refractivity contribution in [3.05, 3.63) is 53.6 Å². The molecule has 1 amide bonds. The zero-order valence-corrected chi connectivity index (χ0v) is 13.1. The fourth-order valence-corrected chi connectivity index (χ4v) is 3.35. The molecule has 0 spiro atoms. The molecule has 2 aromatic carbocycles. The van der Waals surface area contributed by atoms with Crippen molar-refractivity contribution in [2.24, 2.45) is 0 Å². The van der Waals surface area contributed by atoms with Crippen LogP contribution in [0.25, 0.3) is 0 Å². The SMILES string of the molecule is CC1CCN(C(=O)c2cccc3c2OCCO3)c2ccccc21. The molecular weight excluding hydrogens is 290 g/mol. The molecule has 0 saturated heterocycles. The first-order chi connectivity index (χ1) is 11.3. The van der Waals surface area contributed by atoms with Gasteiger partial charge in [-0.05, 0) is 36.1 Å². The standard InChI is InChI=1S/C19H19NO3/c1-13-9-10-20(16-7-3-2-5-14(13)16)19(21)15-6-4-8-17-18(15)23-12-11-22-17/h2-8,13H,9-12H2,1H3. The summed E-state index contributed by atoms with van der Waals surface area (Å²) < 4.78 is 11.3. The van der Waals surface area contributed by atoms with Gasteiger partial charge in [0.1, 0.15) is 13.2 Å². The zero-order valence-electron chi connectivity index (χ0n) is 13.1. The number of carbonyl (C=O) groups excluding carboxylic acids is 1. The fourth-order valence-electron chi connectivity index (χ4n) is 3.35. The van der Waals surface area contributed by atoms with Gasteiger partial charge in [-0.15, -0.1) is 0 Å². The molecule has 0 N–H and O–H groups in total. The molecule has 2 aliphatic heterocycles. The number of anilines is 1. The van der Waals surface area contributed by atoms with E-state index < -0.39 is 0 Å². The molecule has 2 heterocycles. The summed E-state index contributed by atoms with van der Waals surface area (Å²) >= 11 is 0. The van der Waals surface area contributed by atoms with Crippen molar-refractivity contribution >= 4 is 11.6 Å². The van der Waals surface area contributed by atoms with Gasteiger partial charge in [-0.3, -0.25) is 4.79 Å². The predicted molar refractivity (Wildman–Crippen MR) is 88.6 cm³/mol. The van der Waals surface area contributed by atoms with Gasteiger partial charge in [0.25, 0.3) is 5.91 Å². The molecule has 4 heteroatoms. The molecule has 4 rings (SSSR count). The molecule has 0 aliphatic carbocycles. The number of ether oxygens (including phenoxy) is 2. The molecule has 1 atom stereocenters. The molecule has 4 nitrogen and oxygen atoms in total. The summed E-state index contributed by atoms with van der Waals surface area (Å²) in [5.74, 6) is 1.67. The van der Waals surface area contributed by atoms with E-state index in [1.165, 1.54) is 5.56 Å². The van der Waals surface area contributed by atoms with E-state index in [1.54, 1.807) is 0 Å². The lowest BCUT2D eigenvalue weighted by Crippen LogP contribution is -2.36. The minimum absolute atomic E-state index is 0.0216. The molecule has 0 saturated carbocycles. The lowest BCUT2D eigenvalue weighted by atomic mass is 9.91. The summed E-state index contributed by atoms with van der Waals surface area (Å²) in [6.45, 7) is 3.93. The quantitative estimate of drug-likeness (QED) is 0.808. The van der Waals surface area contributed by atoms with Crippen molar-refractivity contribution in [2.45, 2.75) is 19.3 Å². The van der Waals surface area contributed by atoms with Crippen LogP contribution in [0, 0.1) is 0 Å². The Morgan fingerprint density at radius 2 is 1.91 bits per heavy atom. The molecule has 118 valence electrons. The normalized spacial score (nSPS) is 19.2. The molecule has 0 radical (unpaired) electrons. The largest absolute Gasteiger partial charge is 0.486 e. The Kier molecular flexibility index (Phi) is 3.45. The van der Waals surface area contributed by atoms with E-state index >= 15 is 0 Å². The minimum atomic E-state index is -0.0216. The van der Waals surface area contributed by atoms with Gasteiger partial charge in [0.05, 0.1) is 5.56 Å². The van der Waals surface area contributed by atoms with E-state index in [0.29, 0.717) is 36.2 Å². The first kappa shape index (κ1) is 14.1. The first-order valence-corrected chi connectivity index (χ1v) is 8.05. The number of carbonyl (C=O) groups is 1. The van der Waals surface area contributed by atoms with Crippen molar-refractivity contribution < 1.29 is 14.3 Å². The Balaban J connectivity index is 1.75. The van der Waals surface area contributed by atoms with Crippen molar-refractivity contribution in [2.75, 3.05) is 24.7 Å². The summed E-state index contributed by atoms with van der Waals surface area (Å²) in [6, 6.07) is 13.7. The second-order valence-electron chi connectivity index (χ2n) is 6.04. The van der Waals surface area contributed by atoms with E-state index in [1.807, 2.05) is 41.3 Å². The van der Waals surface area contributed by atoms with Gasteiger partial charge in [0.2, 0.25) is 0 Å². The van der Waals surface area contributed by atoms with Gasteiger partial charge in [0, 0.05) is 12.2 Å². The van der Waals surface area contributed by atoms with E-state index in [2.05, 4.69) is 13.0 Å². The number of rotatable bonds is 1. The highest BCUT2D eigenvalue weighted by Gasteiger charge is 2.30. The number of hydrogen-bond acceptors (Lipinski definition) is 3. The van der Waals surface area contributed by atoms with Crippen LogP contribution < -0.4 is 14.4 Å². The molecule has 2 aliphatic rings. The second kappa shape index (κ2) is 5.61. The number of nitrogens with zero attached hydrogens (tertiary/aromatic N) is 1. The van der Waals surface area contributed by atoms with Crippen LogP contribution in [0.4, 0.5) is 5.69 Å². The van der Waals surface area contributed by atoms with Gasteiger partial charge in [-0.2, -0.15) is 0 Å². The highest BCUT2D eigenvalue weighted by molar-refractivity contribution is 6.09. The Labute approximate surface area is 135 Å². The third-order valence-corrected chi connectivity index (χ3v) is 4.59. The summed E-state index contributed by atoms with van der Waals surface area (Å²) in [6.07, 6.45) is 0.967. The highest BCUT2D eigenvalue weighted by Crippen LogP contribution is 2.38. The second-order valence-corrected chi connectivity index (χ2v) is 6.04. The maximum Gasteiger partial charge on any atom is 0.262 e. The van der Waals surface area contributed by atoms with Gasteiger partial charge in [0.15, 0.2) is 11.5 Å². The van der Waals surface area contributed by atoms with Crippen LogP contribution in [0.15, 0.2) is 42.5 Å². The Bertz CT molecular complexity index is 756. The molecule has 0 aromatic heterocycles. The summed E-state index contributed by atoms with van der Waals surface area (Å²) in [4.78, 5) is 15.0. The third-order valence-electron chi connectivity index (χ3n) is 4.59. The van der Waals surface area contributed by atoms with Crippen LogP contribution in [0.1, 0.15) is 35.2 Å². The number of fused-ring (bicyclic) bond motifs is 2. The first-order valence-electron chi connectivity index (χ1n) is 8.05. The zero-order chi connectivity index (χ0) is 15.8. The van der Waals surface area contributed by atoms with Crippen molar-refractivity contribution in [3.63, 3.8) is 0 Å². The Morgan fingerprint density at radius 1 is 1.09 bits per heavy atom. The molecule has 1 unspecified atom stereocenters. The van der Waals surface area contributed by atoms with Crippen LogP contribution in [0.5, 0.6) is 11.5 Å². The van der Waals surface area contributed by atoms with Crippen LogP contribution in [-0.4, -0.2) is 25.7 Å². The number of amides is 1. The maximum absolute atomic E-state index is 13.1. The fraction of sp³-hybridized carbons (Fsp3) is 0.316. The average molecular weight is 309 g/mol. The van der Waals surface area contributed by atoms with Gasteiger partial charge in [-0.1, -0.05) is 31.2 Å². The van der Waals surface area contributed by atoms with Crippen LogP contribution in [0.3, 0.4) is 0 Å². The topological polar surface area (TPSA) is 38.8 Å². The lowest BCUT2D eigenvalue weighted by Gasteiger charge is -2.33. The maximum atomic E-state index is 13.1. The number of benzene rings is 2. The molecule has 23 heavy (non-hydrogen) atoms. The minimum Gasteiger partial charge on any atom is -0.486 e. The van der Waals surface area contributed by atoms with Crippen LogP contribution in [-0.2, 0) is 0 Å². The monoisotopic (exact) mass is 309 g/mol. The van der Waals surface area contributed by atoms with Gasteiger partial charge >= 0.3 is 0 Å². The predicted octanol–water partition coefficient (Wildman–Crippen LogP) is 3.61. The van der Waals surface area contributed by atoms with Crippen LogP contribution >= 0.6 is 0 Å². The van der Waals surface area contributed by atoms with E-state index in [-0.39, 0.29) is 5.91 Å². The van der Waals surface area contributed by atoms with Crippen molar-refractivity contribution in [1.82, 2.24) is 0 Å². The molecule has 2 aromatic rings. The van der Waals surface area contributed by atoms with Crippen molar-refractivity contribution in [1.29, 1.82) is 0 Å². The third kappa shape index (κ3) is 2.34. The Hall–Kier alpha value is -2.49. The lowest BCUT2D eigenvalue weighted by molar-refractivity contribution is 0.0973. The molecular formula is C19H19NO3. The highest BCUT2D eigenvalue weighted by atomic mass is 16.6. The Morgan fingerprint density at radius 3 is 2.83 bits per heavy atom. The van der Waals surface area contributed by atoms with E-state index in [0.717, 1.165) is 18.7 Å². The average Bonchev–Trinajstić information content (AvgIpc) is 2.61. The van der Waals surface area contributed by atoms with Gasteiger partial charge < -0.3 is 14.4 Å².